The number of carboxylic acid groups (broad SMARTS) is 1. The molecule has 1 aromatic rings. The third-order valence-electron chi connectivity index (χ3n) is 2.44. The smallest absolute Gasteiger partial charge is 0.337 e. The van der Waals surface area contributed by atoms with Crippen LogP contribution in [0.5, 0.6) is 0 Å². The first-order chi connectivity index (χ1) is 8.75. The van der Waals surface area contributed by atoms with Gasteiger partial charge in [-0.2, -0.15) is 0 Å². The Bertz CT molecular complexity index is 544. The van der Waals surface area contributed by atoms with Crippen molar-refractivity contribution in [1.82, 2.24) is 0 Å². The van der Waals surface area contributed by atoms with Crippen LogP contribution in [0.4, 0.5) is 5.69 Å². The maximum atomic E-state index is 11.3. The number of Topliss-reactive ketones (excluding diaryl/α,β-unsaturated/α-hetero) is 1. The van der Waals surface area contributed by atoms with E-state index < -0.39 is 21.8 Å². The average Bonchev–Trinajstić information content (AvgIpc) is 2.35. The summed E-state index contributed by atoms with van der Waals surface area (Å²) in [6.45, 7) is 1.28. The predicted octanol–water partition coefficient (Wildman–Crippen LogP) is 1.74. The first-order valence-corrected chi connectivity index (χ1v) is 6.01. The van der Waals surface area contributed by atoms with Crippen molar-refractivity contribution in [1.29, 1.82) is 0 Å². The van der Waals surface area contributed by atoms with Crippen molar-refractivity contribution in [3.8, 4) is 0 Å². The van der Waals surface area contributed by atoms with E-state index in [9.17, 15) is 24.8 Å². The normalized spacial score (nSPS) is 13.6. The van der Waals surface area contributed by atoms with E-state index in [1.54, 1.807) is 0 Å². The molecule has 8 heteroatoms. The first kappa shape index (κ1) is 15.3. The number of rotatable bonds is 5. The number of aliphatic hydroxyl groups is 1. The quantitative estimate of drug-likeness (QED) is 0.482. The van der Waals surface area contributed by atoms with Crippen LogP contribution in [0.15, 0.2) is 18.2 Å². The minimum atomic E-state index is -1.94. The zero-order valence-electron chi connectivity index (χ0n) is 9.74. The van der Waals surface area contributed by atoms with Crippen LogP contribution >= 0.6 is 15.9 Å². The lowest BCUT2D eigenvalue weighted by molar-refractivity contribution is -0.385. The van der Waals surface area contributed by atoms with Crippen LogP contribution in [0, 0.1) is 10.1 Å². The highest BCUT2D eigenvalue weighted by atomic mass is 79.9. The number of alkyl halides is 1. The molecule has 1 aromatic carbocycles. The number of benzene rings is 1. The fraction of sp³-hybridized carbons (Fsp3) is 0.273. The Morgan fingerprint density at radius 2 is 1.95 bits per heavy atom. The van der Waals surface area contributed by atoms with Gasteiger partial charge in [-0.1, -0.05) is 22.0 Å². The Labute approximate surface area is 116 Å². The van der Waals surface area contributed by atoms with Crippen molar-refractivity contribution >= 4 is 33.4 Å². The zero-order valence-corrected chi connectivity index (χ0v) is 11.3. The molecule has 0 fully saturated rings. The summed E-state index contributed by atoms with van der Waals surface area (Å²) in [5.74, 6) is -1.86. The van der Waals surface area contributed by atoms with Gasteiger partial charge in [-0.3, -0.25) is 14.9 Å². The van der Waals surface area contributed by atoms with E-state index in [2.05, 4.69) is 15.9 Å². The van der Waals surface area contributed by atoms with Crippen LogP contribution in [0.1, 0.15) is 29.0 Å². The van der Waals surface area contributed by atoms with E-state index in [4.69, 9.17) is 5.11 Å². The van der Waals surface area contributed by atoms with Crippen LogP contribution in [0.25, 0.3) is 0 Å². The number of aliphatic hydroxyl groups excluding tert-OH is 1. The van der Waals surface area contributed by atoms with E-state index in [0.717, 1.165) is 12.1 Å². The third-order valence-corrected chi connectivity index (χ3v) is 3.58. The van der Waals surface area contributed by atoms with Gasteiger partial charge in [-0.05, 0) is 12.5 Å². The van der Waals surface area contributed by atoms with Crippen LogP contribution < -0.4 is 0 Å². The number of carbonyl (C=O) groups excluding carboxylic acids is 1. The van der Waals surface area contributed by atoms with Gasteiger partial charge in [0.05, 0.1) is 9.75 Å². The van der Waals surface area contributed by atoms with Crippen LogP contribution in [-0.2, 0) is 9.59 Å². The monoisotopic (exact) mass is 331 g/mol. The van der Waals surface area contributed by atoms with Crippen molar-refractivity contribution in [2.24, 2.45) is 0 Å². The van der Waals surface area contributed by atoms with Crippen molar-refractivity contribution in [2.75, 3.05) is 0 Å². The number of hydrogen-bond acceptors (Lipinski definition) is 5. The largest absolute Gasteiger partial charge is 0.479 e. The molecule has 7 nitrogen and oxygen atoms in total. The molecule has 0 aliphatic rings. The molecule has 0 spiro atoms. The molecule has 0 amide bonds. The number of aliphatic carboxylic acids is 1. The van der Waals surface area contributed by atoms with Gasteiger partial charge in [0.1, 0.15) is 5.78 Å². The molecule has 0 aliphatic carbocycles. The SMILES string of the molecule is CC(=O)C(Br)c1ccc([N+](=O)[O-])cc1C(O)C(=O)O. The fourth-order valence-corrected chi connectivity index (χ4v) is 1.91. The Morgan fingerprint density at radius 3 is 2.37 bits per heavy atom. The second-order valence-corrected chi connectivity index (χ2v) is 4.70. The minimum absolute atomic E-state index is 0.182. The zero-order chi connectivity index (χ0) is 14.7. The van der Waals surface area contributed by atoms with Crippen LogP contribution in [-0.4, -0.2) is 26.9 Å². The molecule has 1 rings (SSSR count). The number of carbonyl (C=O) groups is 2. The Hall–Kier alpha value is -1.80. The number of nitro groups is 1. The van der Waals surface area contributed by atoms with Gasteiger partial charge in [0, 0.05) is 17.7 Å². The summed E-state index contributed by atoms with van der Waals surface area (Å²) in [7, 11) is 0. The molecule has 0 radical (unpaired) electrons. The molecular formula is C11H10BrNO6. The number of non-ortho nitro benzene ring substituents is 1. The number of nitro benzene ring substituents is 1. The summed E-state index contributed by atoms with van der Waals surface area (Å²) in [5, 5.41) is 29.0. The Morgan fingerprint density at radius 1 is 1.37 bits per heavy atom. The van der Waals surface area contributed by atoms with Crippen molar-refractivity contribution in [3.05, 3.63) is 39.4 Å². The van der Waals surface area contributed by atoms with Gasteiger partial charge in [-0.25, -0.2) is 4.79 Å². The van der Waals surface area contributed by atoms with E-state index in [1.165, 1.54) is 13.0 Å². The number of halogens is 1. The summed E-state index contributed by atoms with van der Waals surface area (Å²) in [6.07, 6.45) is -1.94. The van der Waals surface area contributed by atoms with Gasteiger partial charge >= 0.3 is 5.97 Å². The Balaban J connectivity index is 3.42. The number of nitrogens with zero attached hydrogens (tertiary/aromatic N) is 1. The van der Waals surface area contributed by atoms with Gasteiger partial charge < -0.3 is 10.2 Å². The third kappa shape index (κ3) is 3.36. The van der Waals surface area contributed by atoms with Gasteiger partial charge in [0.25, 0.3) is 5.69 Å². The minimum Gasteiger partial charge on any atom is -0.479 e. The summed E-state index contributed by atoms with van der Waals surface area (Å²) in [5.41, 5.74) is -0.353. The fourth-order valence-electron chi connectivity index (χ4n) is 1.50. The van der Waals surface area contributed by atoms with Crippen molar-refractivity contribution in [2.45, 2.75) is 17.9 Å². The number of carboxylic acids is 1. The molecule has 2 atom stereocenters. The standard InChI is InChI=1S/C11H10BrNO6/c1-5(14)9(12)7-3-2-6(13(18)19)4-8(7)10(15)11(16)17/h2-4,9-10,15H,1H3,(H,16,17). The molecule has 2 unspecified atom stereocenters. The molecule has 0 saturated heterocycles. The van der Waals surface area contributed by atoms with Crippen LogP contribution in [0.2, 0.25) is 0 Å². The summed E-state index contributed by atoms with van der Waals surface area (Å²) >= 11 is 3.06. The number of hydrogen-bond donors (Lipinski definition) is 2. The Kier molecular flexibility index (Phi) is 4.73. The van der Waals surface area contributed by atoms with E-state index >= 15 is 0 Å². The predicted molar refractivity (Wildman–Crippen MR) is 68.0 cm³/mol. The first-order valence-electron chi connectivity index (χ1n) is 5.09. The van der Waals surface area contributed by atoms with E-state index in [-0.39, 0.29) is 22.6 Å². The van der Waals surface area contributed by atoms with Gasteiger partial charge in [-0.15, -0.1) is 0 Å². The maximum Gasteiger partial charge on any atom is 0.337 e. The molecule has 102 valence electrons. The molecular weight excluding hydrogens is 322 g/mol. The van der Waals surface area contributed by atoms with E-state index in [1.807, 2.05) is 0 Å². The average molecular weight is 332 g/mol. The molecule has 0 heterocycles. The second-order valence-electron chi connectivity index (χ2n) is 3.78. The highest BCUT2D eigenvalue weighted by Gasteiger charge is 2.26. The molecule has 2 N–H and O–H groups in total. The van der Waals surface area contributed by atoms with E-state index in [0.29, 0.717) is 0 Å². The van der Waals surface area contributed by atoms with Crippen molar-refractivity contribution in [3.63, 3.8) is 0 Å². The summed E-state index contributed by atoms with van der Waals surface area (Å²) in [4.78, 5) is 31.2. The van der Waals surface area contributed by atoms with Crippen molar-refractivity contribution < 1.29 is 24.7 Å². The molecule has 0 aromatic heterocycles. The molecule has 19 heavy (non-hydrogen) atoms. The maximum absolute atomic E-state index is 11.3. The lowest BCUT2D eigenvalue weighted by Gasteiger charge is -2.15. The topological polar surface area (TPSA) is 118 Å². The number of ketones is 1. The lowest BCUT2D eigenvalue weighted by atomic mass is 9.97. The highest BCUT2D eigenvalue weighted by molar-refractivity contribution is 9.09. The van der Waals surface area contributed by atoms with Gasteiger partial charge in [0.15, 0.2) is 6.10 Å². The van der Waals surface area contributed by atoms with Gasteiger partial charge in [0.2, 0.25) is 0 Å². The molecule has 0 bridgehead atoms. The summed E-state index contributed by atoms with van der Waals surface area (Å²) < 4.78 is 0. The lowest BCUT2D eigenvalue weighted by Crippen LogP contribution is -2.15. The highest BCUT2D eigenvalue weighted by Crippen LogP contribution is 2.33. The second kappa shape index (κ2) is 5.89. The molecule has 0 saturated carbocycles. The summed E-state index contributed by atoms with van der Waals surface area (Å²) in [6, 6.07) is 3.34. The van der Waals surface area contributed by atoms with Crippen LogP contribution in [0.3, 0.4) is 0 Å². The molecule has 0 aliphatic heterocycles.